The molecule has 0 aliphatic carbocycles. The van der Waals surface area contributed by atoms with E-state index >= 15 is 0 Å². The highest BCUT2D eigenvalue weighted by Crippen LogP contribution is 2.34. The normalized spacial score (nSPS) is 13.5. The van der Waals surface area contributed by atoms with Crippen molar-refractivity contribution >= 4 is 105 Å². The summed E-state index contributed by atoms with van der Waals surface area (Å²) in [5.74, 6) is 0.135. The van der Waals surface area contributed by atoms with Crippen molar-refractivity contribution in [3.8, 4) is 22.3 Å². The van der Waals surface area contributed by atoms with Gasteiger partial charge in [-0.15, -0.1) is 0 Å². The predicted molar refractivity (Wildman–Crippen MR) is 256 cm³/mol. The third-order valence-corrected chi connectivity index (χ3v) is 11.8. The van der Waals surface area contributed by atoms with E-state index in [0.29, 0.717) is 10.0 Å². The lowest BCUT2D eigenvalue weighted by Gasteiger charge is -2.17. The second-order valence-corrected chi connectivity index (χ2v) is 16.6. The van der Waals surface area contributed by atoms with Gasteiger partial charge in [0.25, 0.3) is 0 Å². The second-order valence-electron chi connectivity index (χ2n) is 14.9. The molecule has 1 fully saturated rings. The Morgan fingerprint density at radius 1 is 0.581 bits per heavy atom. The van der Waals surface area contributed by atoms with Crippen LogP contribution in [0.3, 0.4) is 0 Å². The van der Waals surface area contributed by atoms with E-state index in [0.717, 1.165) is 85.0 Å². The molecule has 0 saturated carbocycles. The topological polar surface area (TPSA) is 110 Å². The molecule has 0 bridgehead atoms. The van der Waals surface area contributed by atoms with Crippen molar-refractivity contribution in [3.05, 3.63) is 173 Å². The van der Waals surface area contributed by atoms with Gasteiger partial charge in [0.1, 0.15) is 5.52 Å². The number of amides is 1. The molecule has 62 heavy (non-hydrogen) atoms. The minimum absolute atomic E-state index is 0.135. The third-order valence-electron chi connectivity index (χ3n) is 10.7. The maximum atomic E-state index is 11.6. The van der Waals surface area contributed by atoms with Gasteiger partial charge in [0.2, 0.25) is 5.91 Å². The molecule has 12 heteroatoms. The van der Waals surface area contributed by atoms with Crippen LogP contribution in [-0.4, -0.2) is 59.8 Å². The number of nitrogens with zero attached hydrogens (tertiary/aromatic N) is 7. The van der Waals surface area contributed by atoms with Crippen LogP contribution in [0.1, 0.15) is 13.3 Å². The number of carbonyl (C=O) groups excluding carboxylic acids is 1. The Bertz CT molecular complexity index is 3280. The van der Waals surface area contributed by atoms with E-state index in [-0.39, 0.29) is 11.9 Å². The zero-order valence-electron chi connectivity index (χ0n) is 33.4. The van der Waals surface area contributed by atoms with Crippen molar-refractivity contribution in [2.24, 2.45) is 0 Å². The average Bonchev–Trinajstić information content (AvgIpc) is 3.77. The SMILES string of the molecule is CC(=O)N1CCC(Nc2cc(-c3ccc4ccccc4c3)c3nccnc3c2)C1.Clc1cc(-c2ccc3ccccc3c2)c2nccnc2c1.Clc1cc(Br)c2nccnc2c1. The third kappa shape index (κ3) is 9.04. The van der Waals surface area contributed by atoms with Gasteiger partial charge in [-0.3, -0.25) is 34.7 Å². The summed E-state index contributed by atoms with van der Waals surface area (Å²) >= 11 is 15.4. The summed E-state index contributed by atoms with van der Waals surface area (Å²) in [6.45, 7) is 3.17. The zero-order chi connectivity index (χ0) is 42.6. The molecule has 1 aliphatic rings. The highest BCUT2D eigenvalue weighted by Gasteiger charge is 2.24. The van der Waals surface area contributed by atoms with Gasteiger partial charge in [0.15, 0.2) is 0 Å². The number of likely N-dealkylation sites (tertiary alicyclic amines) is 1. The Hall–Kier alpha value is -6.59. The Morgan fingerprint density at radius 2 is 1.06 bits per heavy atom. The highest BCUT2D eigenvalue weighted by molar-refractivity contribution is 9.10. The summed E-state index contributed by atoms with van der Waals surface area (Å²) < 4.78 is 0.873. The zero-order valence-corrected chi connectivity index (χ0v) is 36.5. The van der Waals surface area contributed by atoms with E-state index in [1.807, 2.05) is 35.2 Å². The van der Waals surface area contributed by atoms with Crippen molar-refractivity contribution in [2.45, 2.75) is 19.4 Å². The number of rotatable bonds is 4. The van der Waals surface area contributed by atoms with Gasteiger partial charge in [-0.2, -0.15) is 0 Å². The van der Waals surface area contributed by atoms with E-state index in [1.54, 1.807) is 56.2 Å². The van der Waals surface area contributed by atoms with Gasteiger partial charge in [-0.05, 0) is 104 Å². The summed E-state index contributed by atoms with van der Waals surface area (Å²) in [7, 11) is 0. The number of carbonyl (C=O) groups is 1. The average molecular weight is 917 g/mol. The first-order chi connectivity index (χ1) is 30.3. The molecular formula is C50H37BrCl2N8O. The fourth-order valence-electron chi connectivity index (χ4n) is 7.75. The molecule has 304 valence electrons. The summed E-state index contributed by atoms with van der Waals surface area (Å²) in [6.07, 6.45) is 11.1. The molecule has 4 heterocycles. The Labute approximate surface area is 376 Å². The Balaban J connectivity index is 0.000000129. The van der Waals surface area contributed by atoms with Gasteiger partial charge >= 0.3 is 0 Å². The molecule has 1 amide bonds. The van der Waals surface area contributed by atoms with Crippen LogP contribution in [0.25, 0.3) is 76.9 Å². The number of hydrogen-bond donors (Lipinski definition) is 1. The van der Waals surface area contributed by atoms with Crippen molar-refractivity contribution in [1.82, 2.24) is 34.8 Å². The monoisotopic (exact) mass is 914 g/mol. The highest BCUT2D eigenvalue weighted by atomic mass is 79.9. The smallest absolute Gasteiger partial charge is 0.219 e. The van der Waals surface area contributed by atoms with E-state index in [1.165, 1.54) is 21.5 Å². The molecule has 3 aromatic heterocycles. The molecule has 9 nitrogen and oxygen atoms in total. The lowest BCUT2D eigenvalue weighted by Crippen LogP contribution is -2.29. The van der Waals surface area contributed by atoms with Crippen molar-refractivity contribution in [1.29, 1.82) is 0 Å². The first-order valence-corrected chi connectivity index (χ1v) is 21.5. The minimum atomic E-state index is 0.135. The molecule has 10 aromatic rings. The number of hydrogen-bond acceptors (Lipinski definition) is 8. The van der Waals surface area contributed by atoms with E-state index in [9.17, 15) is 4.79 Å². The molecular weight excluding hydrogens is 879 g/mol. The van der Waals surface area contributed by atoms with Crippen LogP contribution in [0.15, 0.2) is 163 Å². The van der Waals surface area contributed by atoms with Crippen molar-refractivity contribution in [3.63, 3.8) is 0 Å². The molecule has 1 atom stereocenters. The standard InChI is InChI=1S/C24H22N4O.C18H11ClN2.C8H4BrClN2/c1-16(29)28-11-8-20(15-28)27-21-13-22(24-23(14-21)25-9-10-26-24)19-7-6-17-4-2-3-5-18(17)12-19;19-15-10-16(18-17(11-15)20-7-8-21-18)14-6-5-12-3-1-2-4-13(12)9-14;9-6-3-5(10)4-7-8(6)12-2-1-11-7/h2-7,9-10,12-14,20,27H,8,11,15H2,1H3;1-11H;1-4H. The van der Waals surface area contributed by atoms with Crippen LogP contribution in [-0.2, 0) is 4.79 Å². The quantitative estimate of drug-likeness (QED) is 0.186. The van der Waals surface area contributed by atoms with Crippen LogP contribution in [0.4, 0.5) is 5.69 Å². The van der Waals surface area contributed by atoms with Gasteiger partial charge < -0.3 is 10.2 Å². The van der Waals surface area contributed by atoms with Crippen LogP contribution in [0, 0.1) is 0 Å². The maximum Gasteiger partial charge on any atom is 0.219 e. The van der Waals surface area contributed by atoms with Gasteiger partial charge in [-0.1, -0.05) is 96.0 Å². The second kappa shape index (κ2) is 18.2. The summed E-state index contributed by atoms with van der Waals surface area (Å²) in [5, 5.41) is 9.78. The lowest BCUT2D eigenvalue weighted by molar-refractivity contribution is -0.127. The fourth-order valence-corrected chi connectivity index (χ4v) is 8.86. The van der Waals surface area contributed by atoms with Gasteiger partial charge in [0.05, 0.1) is 27.6 Å². The van der Waals surface area contributed by atoms with Crippen LogP contribution in [0.5, 0.6) is 0 Å². The molecule has 7 aromatic carbocycles. The fraction of sp³-hybridized carbons (Fsp3) is 0.100. The van der Waals surface area contributed by atoms with E-state index in [2.05, 4.69) is 130 Å². The molecule has 1 N–H and O–H groups in total. The number of benzene rings is 7. The minimum Gasteiger partial charge on any atom is -0.380 e. The molecule has 1 saturated heterocycles. The largest absolute Gasteiger partial charge is 0.380 e. The first kappa shape index (κ1) is 40.8. The molecule has 11 rings (SSSR count). The molecule has 1 unspecified atom stereocenters. The van der Waals surface area contributed by atoms with Crippen LogP contribution < -0.4 is 5.32 Å². The van der Waals surface area contributed by atoms with E-state index in [4.69, 9.17) is 23.2 Å². The number of fused-ring (bicyclic) bond motifs is 5. The maximum absolute atomic E-state index is 11.6. The predicted octanol–water partition coefficient (Wildman–Crippen LogP) is 12.6. The summed E-state index contributed by atoms with van der Waals surface area (Å²) in [6, 6.07) is 41.4. The first-order valence-electron chi connectivity index (χ1n) is 20.0. The van der Waals surface area contributed by atoms with Gasteiger partial charge in [-0.25, -0.2) is 0 Å². The summed E-state index contributed by atoms with van der Waals surface area (Å²) in [5.41, 5.74) is 10.4. The molecule has 0 radical (unpaired) electrons. The molecule has 0 spiro atoms. The number of aromatic nitrogens is 6. The van der Waals surface area contributed by atoms with Crippen LogP contribution >= 0.6 is 39.1 Å². The number of halogens is 3. The summed E-state index contributed by atoms with van der Waals surface area (Å²) in [4.78, 5) is 39.8. The Kier molecular flexibility index (Phi) is 12.0. The van der Waals surface area contributed by atoms with Crippen molar-refractivity contribution < 1.29 is 4.79 Å². The van der Waals surface area contributed by atoms with Crippen molar-refractivity contribution in [2.75, 3.05) is 18.4 Å². The number of anilines is 1. The Morgan fingerprint density at radius 3 is 1.63 bits per heavy atom. The van der Waals surface area contributed by atoms with Gasteiger partial charge in [0, 0.05) is 94.6 Å². The molecule has 1 aliphatic heterocycles. The van der Waals surface area contributed by atoms with E-state index < -0.39 is 0 Å². The lowest BCUT2D eigenvalue weighted by atomic mass is 9.99. The number of nitrogens with one attached hydrogen (secondary N) is 1. The van der Waals surface area contributed by atoms with Crippen LogP contribution in [0.2, 0.25) is 10.0 Å².